The fraction of sp³-hybridized carbons (Fsp3) is 0.158. The fourth-order valence-electron chi connectivity index (χ4n) is 2.63. The first-order valence-corrected chi connectivity index (χ1v) is 9.27. The van der Waals surface area contributed by atoms with Crippen molar-refractivity contribution in [3.05, 3.63) is 85.7 Å². The summed E-state index contributed by atoms with van der Waals surface area (Å²) in [6, 6.07) is 14.6. The highest BCUT2D eigenvalue weighted by molar-refractivity contribution is 6.41. The fourth-order valence-corrected chi connectivity index (χ4v) is 3.11. The normalized spacial score (nSPS) is 12.0. The zero-order valence-corrected chi connectivity index (χ0v) is 16.3. The van der Waals surface area contributed by atoms with Gasteiger partial charge in [-0.1, -0.05) is 65.1 Å². The number of halogens is 3. The van der Waals surface area contributed by atoms with E-state index in [1.165, 1.54) is 6.20 Å². The Bertz CT molecular complexity index is 993. The Kier molecular flexibility index (Phi) is 6.39. The van der Waals surface area contributed by atoms with Crippen molar-refractivity contribution in [2.45, 2.75) is 12.5 Å². The SMILES string of the molecule is O=c1c(Cl)c(Cl)cnn1-c1ccc(NC(CO)Cc2ccccc2)c(Cl)c1. The summed E-state index contributed by atoms with van der Waals surface area (Å²) in [6.07, 6.45) is 1.94. The van der Waals surface area contributed by atoms with Crippen LogP contribution in [0.15, 0.2) is 59.5 Å². The lowest BCUT2D eigenvalue weighted by Crippen LogP contribution is -2.26. The summed E-state index contributed by atoms with van der Waals surface area (Å²) < 4.78 is 1.12. The van der Waals surface area contributed by atoms with Gasteiger partial charge in [-0.15, -0.1) is 0 Å². The Morgan fingerprint density at radius 3 is 2.48 bits per heavy atom. The Morgan fingerprint density at radius 1 is 1.07 bits per heavy atom. The molecular weight excluding hydrogens is 409 g/mol. The van der Waals surface area contributed by atoms with Crippen molar-refractivity contribution in [1.82, 2.24) is 9.78 Å². The molecule has 0 aliphatic rings. The van der Waals surface area contributed by atoms with Gasteiger partial charge in [0.25, 0.3) is 5.56 Å². The summed E-state index contributed by atoms with van der Waals surface area (Å²) in [5.74, 6) is 0. The summed E-state index contributed by atoms with van der Waals surface area (Å²) >= 11 is 18.1. The molecular formula is C19H16Cl3N3O2. The van der Waals surface area contributed by atoms with E-state index in [1.54, 1.807) is 18.2 Å². The molecule has 27 heavy (non-hydrogen) atoms. The van der Waals surface area contributed by atoms with Crippen molar-refractivity contribution in [2.75, 3.05) is 11.9 Å². The molecule has 0 bridgehead atoms. The topological polar surface area (TPSA) is 67.2 Å². The molecule has 2 aromatic carbocycles. The van der Waals surface area contributed by atoms with E-state index in [9.17, 15) is 9.90 Å². The number of aromatic nitrogens is 2. The van der Waals surface area contributed by atoms with Gasteiger partial charge in [0.05, 0.1) is 40.3 Å². The maximum absolute atomic E-state index is 12.2. The molecule has 140 valence electrons. The van der Waals surface area contributed by atoms with E-state index in [1.807, 2.05) is 30.3 Å². The van der Waals surface area contributed by atoms with Crippen molar-refractivity contribution in [2.24, 2.45) is 0 Å². The van der Waals surface area contributed by atoms with Gasteiger partial charge in [-0.25, -0.2) is 0 Å². The minimum absolute atomic E-state index is 0.0548. The lowest BCUT2D eigenvalue weighted by molar-refractivity contribution is 0.273. The summed E-state index contributed by atoms with van der Waals surface area (Å²) in [7, 11) is 0. The Morgan fingerprint density at radius 2 is 1.81 bits per heavy atom. The van der Waals surface area contributed by atoms with Crippen LogP contribution in [0.3, 0.4) is 0 Å². The molecule has 1 heterocycles. The molecule has 0 aliphatic carbocycles. The van der Waals surface area contributed by atoms with Gasteiger partial charge >= 0.3 is 0 Å². The first-order chi connectivity index (χ1) is 13.0. The van der Waals surface area contributed by atoms with Crippen molar-refractivity contribution in [3.8, 4) is 5.69 Å². The number of rotatable bonds is 6. The molecule has 0 fully saturated rings. The number of anilines is 1. The Hall–Kier alpha value is -2.05. The summed E-state index contributed by atoms with van der Waals surface area (Å²) in [4.78, 5) is 12.2. The average Bonchev–Trinajstić information content (AvgIpc) is 2.68. The molecule has 3 aromatic rings. The van der Waals surface area contributed by atoms with Gasteiger partial charge in [-0.3, -0.25) is 4.79 Å². The molecule has 2 N–H and O–H groups in total. The van der Waals surface area contributed by atoms with Crippen LogP contribution >= 0.6 is 34.8 Å². The predicted octanol–water partition coefficient (Wildman–Crippen LogP) is 4.21. The minimum Gasteiger partial charge on any atom is -0.394 e. The van der Waals surface area contributed by atoms with Crippen LogP contribution in [0.5, 0.6) is 0 Å². The van der Waals surface area contributed by atoms with Gasteiger partial charge in [0.1, 0.15) is 5.02 Å². The molecule has 0 saturated carbocycles. The van der Waals surface area contributed by atoms with E-state index in [0.29, 0.717) is 22.8 Å². The minimum atomic E-state index is -0.529. The third kappa shape index (κ3) is 4.62. The van der Waals surface area contributed by atoms with Crippen LogP contribution in [-0.4, -0.2) is 27.5 Å². The van der Waals surface area contributed by atoms with Crippen molar-refractivity contribution in [1.29, 1.82) is 0 Å². The molecule has 1 unspecified atom stereocenters. The summed E-state index contributed by atoms with van der Waals surface area (Å²) in [5, 5.41) is 17.3. The van der Waals surface area contributed by atoms with E-state index < -0.39 is 5.56 Å². The lowest BCUT2D eigenvalue weighted by Gasteiger charge is -2.19. The molecule has 0 radical (unpaired) electrons. The molecule has 8 heteroatoms. The number of benzene rings is 2. The standard InChI is InChI=1S/C19H16Cl3N3O2/c20-15-9-14(25-19(27)18(22)16(21)10-23-25)6-7-17(15)24-13(11-26)8-12-4-2-1-3-5-12/h1-7,9-10,13,24,26H,8,11H2. The van der Waals surface area contributed by atoms with E-state index in [4.69, 9.17) is 34.8 Å². The number of hydrogen-bond acceptors (Lipinski definition) is 4. The summed E-state index contributed by atoms with van der Waals surface area (Å²) in [5.41, 5.74) is 1.67. The molecule has 0 saturated heterocycles. The van der Waals surface area contributed by atoms with Crippen molar-refractivity contribution in [3.63, 3.8) is 0 Å². The highest BCUT2D eigenvalue weighted by atomic mass is 35.5. The van der Waals surface area contributed by atoms with Crippen LogP contribution < -0.4 is 10.9 Å². The monoisotopic (exact) mass is 423 g/mol. The van der Waals surface area contributed by atoms with E-state index >= 15 is 0 Å². The highest BCUT2D eigenvalue weighted by Crippen LogP contribution is 2.26. The Labute approximate surface area is 171 Å². The van der Waals surface area contributed by atoms with Gasteiger partial charge in [0.2, 0.25) is 0 Å². The van der Waals surface area contributed by atoms with Gasteiger partial charge in [-0.05, 0) is 30.2 Å². The second-order valence-electron chi connectivity index (χ2n) is 5.90. The largest absolute Gasteiger partial charge is 0.394 e. The van der Waals surface area contributed by atoms with Crippen LogP contribution in [-0.2, 0) is 6.42 Å². The van der Waals surface area contributed by atoms with Crippen LogP contribution in [0, 0.1) is 0 Å². The lowest BCUT2D eigenvalue weighted by atomic mass is 10.1. The van der Waals surface area contributed by atoms with E-state index in [0.717, 1.165) is 10.2 Å². The maximum atomic E-state index is 12.2. The van der Waals surface area contributed by atoms with Crippen molar-refractivity contribution < 1.29 is 5.11 Å². The molecule has 0 aliphatic heterocycles. The van der Waals surface area contributed by atoms with Gasteiger partial charge < -0.3 is 10.4 Å². The molecule has 3 rings (SSSR count). The first-order valence-electron chi connectivity index (χ1n) is 8.14. The smallest absolute Gasteiger partial charge is 0.291 e. The van der Waals surface area contributed by atoms with Gasteiger partial charge in [0.15, 0.2) is 0 Å². The number of nitrogens with zero attached hydrogens (tertiary/aromatic N) is 2. The second kappa shape index (κ2) is 8.76. The number of nitrogens with one attached hydrogen (secondary N) is 1. The highest BCUT2D eigenvalue weighted by Gasteiger charge is 2.13. The van der Waals surface area contributed by atoms with Gasteiger partial charge in [0, 0.05) is 0 Å². The number of aliphatic hydroxyl groups is 1. The Balaban J connectivity index is 1.82. The second-order valence-corrected chi connectivity index (χ2v) is 7.09. The van der Waals surface area contributed by atoms with Crippen molar-refractivity contribution >= 4 is 40.5 Å². The van der Waals surface area contributed by atoms with Crippen LogP contribution in [0.25, 0.3) is 5.69 Å². The predicted molar refractivity (Wildman–Crippen MR) is 110 cm³/mol. The first kappa shape index (κ1) is 19.7. The van der Waals surface area contributed by atoms with Crippen LogP contribution in [0.1, 0.15) is 5.56 Å². The van der Waals surface area contributed by atoms with Crippen LogP contribution in [0.2, 0.25) is 15.1 Å². The maximum Gasteiger partial charge on any atom is 0.291 e. The summed E-state index contributed by atoms with van der Waals surface area (Å²) in [6.45, 7) is -0.0548. The van der Waals surface area contributed by atoms with E-state index in [-0.39, 0.29) is 22.7 Å². The third-order valence-corrected chi connectivity index (χ3v) is 5.04. The number of hydrogen-bond donors (Lipinski definition) is 2. The van der Waals surface area contributed by atoms with Gasteiger partial charge in [-0.2, -0.15) is 9.78 Å². The van der Waals surface area contributed by atoms with Crippen LogP contribution in [0.4, 0.5) is 5.69 Å². The molecule has 0 spiro atoms. The third-order valence-electron chi connectivity index (χ3n) is 3.98. The molecule has 0 amide bonds. The average molecular weight is 425 g/mol. The zero-order valence-electron chi connectivity index (χ0n) is 14.1. The zero-order chi connectivity index (χ0) is 19.4. The molecule has 5 nitrogen and oxygen atoms in total. The molecule has 1 atom stereocenters. The molecule has 1 aromatic heterocycles. The van der Waals surface area contributed by atoms with E-state index in [2.05, 4.69) is 10.4 Å². The quantitative estimate of drug-likeness (QED) is 0.622. The number of aliphatic hydroxyl groups excluding tert-OH is 1.